The minimum absolute atomic E-state index is 0.119. The molecule has 98 valence electrons. The van der Waals surface area contributed by atoms with Gasteiger partial charge in [0.05, 0.1) is 28.0 Å². The molecule has 3 rings (SSSR count). The molecule has 3 unspecified atom stereocenters. The van der Waals surface area contributed by atoms with Gasteiger partial charge in [0, 0.05) is 6.54 Å². The summed E-state index contributed by atoms with van der Waals surface area (Å²) in [6.07, 6.45) is 1.27. The van der Waals surface area contributed by atoms with Crippen molar-refractivity contribution < 1.29 is 0 Å². The minimum atomic E-state index is -0.119. The van der Waals surface area contributed by atoms with Crippen LogP contribution in [-0.4, -0.2) is 9.55 Å². The molecular weight excluding hydrogens is 258 g/mol. The van der Waals surface area contributed by atoms with Crippen molar-refractivity contribution in [3.8, 4) is 6.07 Å². The Morgan fingerprint density at radius 2 is 2.32 bits per heavy atom. The summed E-state index contributed by atoms with van der Waals surface area (Å²) in [6, 6.07) is 7.82. The van der Waals surface area contributed by atoms with Gasteiger partial charge in [-0.2, -0.15) is 5.26 Å². The zero-order valence-corrected chi connectivity index (χ0v) is 11.9. The molecule has 1 aromatic carbocycles. The highest BCUT2D eigenvalue weighted by Gasteiger charge is 2.34. The number of nitriles is 1. The second-order valence-electron chi connectivity index (χ2n) is 5.48. The summed E-state index contributed by atoms with van der Waals surface area (Å²) in [6.45, 7) is 5.17. The molecule has 0 aliphatic heterocycles. The molecule has 0 spiro atoms. The Labute approximate surface area is 117 Å². The topological polar surface area (TPSA) is 41.6 Å². The summed E-state index contributed by atoms with van der Waals surface area (Å²) in [5, 5.41) is 8.92. The summed E-state index contributed by atoms with van der Waals surface area (Å²) in [4.78, 5) is 4.62. The molecule has 2 aromatic rings. The Hall–Kier alpha value is -1.53. The molecule has 0 bridgehead atoms. The predicted octanol–water partition coefficient (Wildman–Crippen LogP) is 3.86. The number of benzene rings is 1. The average molecular weight is 274 g/mol. The maximum Gasteiger partial charge on any atom is 0.127 e. The minimum Gasteiger partial charge on any atom is -0.326 e. The molecule has 0 saturated heterocycles. The first-order chi connectivity index (χ1) is 9.10. The lowest BCUT2D eigenvalue weighted by molar-refractivity contribution is 0.582. The van der Waals surface area contributed by atoms with Crippen LogP contribution < -0.4 is 0 Å². The third-order valence-corrected chi connectivity index (χ3v) is 4.15. The standard InChI is InChI=1S/C15H16ClN3/c1-9-5-12(9)8-19-14-6-11(7-17)3-4-13(14)18-15(19)10(2)16/h3-4,6,9-10,12H,5,8H2,1-2H3. The molecule has 1 aromatic heterocycles. The molecule has 1 fully saturated rings. The van der Waals surface area contributed by atoms with Gasteiger partial charge in [-0.1, -0.05) is 6.92 Å². The number of imidazole rings is 1. The van der Waals surface area contributed by atoms with Crippen molar-refractivity contribution in [2.75, 3.05) is 0 Å². The van der Waals surface area contributed by atoms with Crippen LogP contribution in [0.2, 0.25) is 0 Å². The van der Waals surface area contributed by atoms with Gasteiger partial charge in [0.15, 0.2) is 0 Å². The van der Waals surface area contributed by atoms with Crippen LogP contribution >= 0.6 is 11.6 Å². The highest BCUT2D eigenvalue weighted by molar-refractivity contribution is 6.20. The van der Waals surface area contributed by atoms with Crippen molar-refractivity contribution >= 4 is 22.6 Å². The molecule has 1 saturated carbocycles. The monoisotopic (exact) mass is 273 g/mol. The Morgan fingerprint density at radius 1 is 1.58 bits per heavy atom. The number of alkyl halides is 1. The second kappa shape index (κ2) is 4.54. The van der Waals surface area contributed by atoms with E-state index in [1.807, 2.05) is 25.1 Å². The van der Waals surface area contributed by atoms with Crippen LogP contribution in [-0.2, 0) is 6.54 Å². The average Bonchev–Trinajstić information content (AvgIpc) is 2.96. The molecule has 1 aliphatic carbocycles. The van der Waals surface area contributed by atoms with E-state index in [4.69, 9.17) is 16.9 Å². The Bertz CT molecular complexity index is 666. The van der Waals surface area contributed by atoms with Crippen molar-refractivity contribution in [1.29, 1.82) is 5.26 Å². The smallest absolute Gasteiger partial charge is 0.127 e. The van der Waals surface area contributed by atoms with E-state index >= 15 is 0 Å². The third kappa shape index (κ3) is 2.21. The van der Waals surface area contributed by atoms with Gasteiger partial charge in [-0.15, -0.1) is 11.6 Å². The first kappa shape index (κ1) is 12.5. The number of aromatic nitrogens is 2. The molecule has 19 heavy (non-hydrogen) atoms. The molecule has 4 heteroatoms. The first-order valence-corrected chi connectivity index (χ1v) is 7.08. The molecule has 0 N–H and O–H groups in total. The third-order valence-electron chi connectivity index (χ3n) is 3.96. The summed E-state index contributed by atoms with van der Waals surface area (Å²) < 4.78 is 2.20. The molecular formula is C15H16ClN3. The Balaban J connectivity index is 2.12. The van der Waals surface area contributed by atoms with Gasteiger partial charge < -0.3 is 4.57 Å². The molecule has 0 radical (unpaired) electrons. The van der Waals surface area contributed by atoms with E-state index in [9.17, 15) is 0 Å². The highest BCUT2D eigenvalue weighted by atomic mass is 35.5. The quantitative estimate of drug-likeness (QED) is 0.797. The van der Waals surface area contributed by atoms with Gasteiger partial charge in [0.1, 0.15) is 5.82 Å². The molecule has 1 aliphatic rings. The van der Waals surface area contributed by atoms with E-state index in [0.717, 1.165) is 35.2 Å². The fraction of sp³-hybridized carbons (Fsp3) is 0.467. The van der Waals surface area contributed by atoms with E-state index in [1.165, 1.54) is 6.42 Å². The van der Waals surface area contributed by atoms with Gasteiger partial charge in [0.2, 0.25) is 0 Å². The van der Waals surface area contributed by atoms with Gasteiger partial charge >= 0.3 is 0 Å². The van der Waals surface area contributed by atoms with E-state index < -0.39 is 0 Å². The SMILES string of the molecule is CC(Cl)c1nc2ccc(C#N)cc2n1CC1CC1C. The van der Waals surface area contributed by atoms with Crippen LogP contribution in [0.1, 0.15) is 37.0 Å². The van der Waals surface area contributed by atoms with E-state index in [1.54, 1.807) is 0 Å². The maximum absolute atomic E-state index is 9.03. The maximum atomic E-state index is 9.03. The van der Waals surface area contributed by atoms with Gasteiger partial charge in [0.25, 0.3) is 0 Å². The van der Waals surface area contributed by atoms with Gasteiger partial charge in [-0.25, -0.2) is 4.98 Å². The van der Waals surface area contributed by atoms with Crippen LogP contribution in [0.5, 0.6) is 0 Å². The first-order valence-electron chi connectivity index (χ1n) is 6.64. The van der Waals surface area contributed by atoms with Crippen LogP contribution in [0.3, 0.4) is 0 Å². The summed E-state index contributed by atoms with van der Waals surface area (Å²) in [7, 11) is 0. The lowest BCUT2D eigenvalue weighted by Crippen LogP contribution is -2.06. The predicted molar refractivity (Wildman–Crippen MR) is 76.0 cm³/mol. The number of nitrogens with zero attached hydrogens (tertiary/aromatic N) is 3. The summed E-state index contributed by atoms with van der Waals surface area (Å²) in [5.41, 5.74) is 2.63. The van der Waals surface area contributed by atoms with Crippen molar-refractivity contribution in [1.82, 2.24) is 9.55 Å². The van der Waals surface area contributed by atoms with E-state index in [0.29, 0.717) is 5.56 Å². The molecule has 3 nitrogen and oxygen atoms in total. The summed E-state index contributed by atoms with van der Waals surface area (Å²) in [5.74, 6) is 2.42. The van der Waals surface area contributed by atoms with Gasteiger partial charge in [-0.05, 0) is 43.4 Å². The van der Waals surface area contributed by atoms with Crippen LogP contribution in [0.25, 0.3) is 11.0 Å². The fourth-order valence-electron chi connectivity index (χ4n) is 2.59. The van der Waals surface area contributed by atoms with E-state index in [2.05, 4.69) is 22.5 Å². The summed E-state index contributed by atoms with van der Waals surface area (Å²) >= 11 is 6.25. The van der Waals surface area contributed by atoms with Crippen molar-refractivity contribution in [2.45, 2.75) is 32.2 Å². The zero-order chi connectivity index (χ0) is 13.6. The van der Waals surface area contributed by atoms with Crippen molar-refractivity contribution in [3.05, 3.63) is 29.6 Å². The Kier molecular flexibility index (Phi) is 2.99. The number of hydrogen-bond donors (Lipinski definition) is 0. The highest BCUT2D eigenvalue weighted by Crippen LogP contribution is 2.40. The molecule has 3 atom stereocenters. The van der Waals surface area contributed by atoms with Crippen molar-refractivity contribution in [2.24, 2.45) is 11.8 Å². The largest absolute Gasteiger partial charge is 0.326 e. The number of rotatable bonds is 3. The normalized spacial score (nSPS) is 23.3. The van der Waals surface area contributed by atoms with Crippen LogP contribution in [0, 0.1) is 23.2 Å². The molecule has 1 heterocycles. The fourth-order valence-corrected chi connectivity index (χ4v) is 2.76. The number of halogens is 1. The lowest BCUT2D eigenvalue weighted by atomic mass is 10.2. The molecule has 0 amide bonds. The zero-order valence-electron chi connectivity index (χ0n) is 11.1. The van der Waals surface area contributed by atoms with Gasteiger partial charge in [-0.3, -0.25) is 0 Å². The number of fused-ring (bicyclic) bond motifs is 1. The lowest BCUT2D eigenvalue weighted by Gasteiger charge is -2.10. The number of hydrogen-bond acceptors (Lipinski definition) is 2. The van der Waals surface area contributed by atoms with E-state index in [-0.39, 0.29) is 5.38 Å². The second-order valence-corrected chi connectivity index (χ2v) is 6.14. The van der Waals surface area contributed by atoms with Crippen LogP contribution in [0.15, 0.2) is 18.2 Å². The van der Waals surface area contributed by atoms with Crippen LogP contribution in [0.4, 0.5) is 0 Å². The Morgan fingerprint density at radius 3 is 2.89 bits per heavy atom. The van der Waals surface area contributed by atoms with Crippen molar-refractivity contribution in [3.63, 3.8) is 0 Å².